The van der Waals surface area contributed by atoms with Gasteiger partial charge in [-0.15, -0.1) is 0 Å². The van der Waals surface area contributed by atoms with E-state index in [0.29, 0.717) is 18.4 Å². The number of ether oxygens (including phenoxy) is 2. The molecule has 4 saturated carbocycles. The number of rotatable bonds is 4. The normalized spacial score (nSPS) is 42.2. The molecule has 0 spiro atoms. The van der Waals surface area contributed by atoms with Crippen molar-refractivity contribution in [1.82, 2.24) is 0 Å². The van der Waals surface area contributed by atoms with Crippen LogP contribution in [0.1, 0.15) is 125 Å². The van der Waals surface area contributed by atoms with Crippen molar-refractivity contribution in [2.75, 3.05) is 0 Å². The molecule has 0 bridgehead atoms. The van der Waals surface area contributed by atoms with Crippen molar-refractivity contribution in [1.29, 1.82) is 0 Å². The van der Waals surface area contributed by atoms with Gasteiger partial charge in [0.2, 0.25) is 0 Å². The molecule has 0 N–H and O–H groups in total. The van der Waals surface area contributed by atoms with Crippen molar-refractivity contribution >= 4 is 23.5 Å². The third-order valence-electron chi connectivity index (χ3n) is 14.5. The van der Waals surface area contributed by atoms with Crippen LogP contribution in [0, 0.1) is 50.2 Å². The maximum Gasteiger partial charge on any atom is 0.313 e. The summed E-state index contributed by atoms with van der Waals surface area (Å²) in [6.45, 7) is 18.9. The van der Waals surface area contributed by atoms with Crippen LogP contribution in [-0.2, 0) is 25.7 Å². The molecule has 0 radical (unpaired) electrons. The molecular formula is C39H55ClO4. The van der Waals surface area contributed by atoms with Crippen LogP contribution >= 0.6 is 11.6 Å². The summed E-state index contributed by atoms with van der Waals surface area (Å²) >= 11 is 7.63. The van der Waals surface area contributed by atoms with Crippen LogP contribution in [0.5, 0.6) is 0 Å². The molecule has 1 aromatic rings. The Morgan fingerprint density at radius 1 is 0.864 bits per heavy atom. The molecule has 8 atom stereocenters. The predicted molar refractivity (Wildman–Crippen MR) is 176 cm³/mol. The Labute approximate surface area is 271 Å². The molecular weight excluding hydrogens is 568 g/mol. The maximum absolute atomic E-state index is 14.3. The standard InChI is InChI=1S/C39H55ClO4/c1-25(41)44-31-15-16-36(6)29(35(31,4)5)14-17-37(7)30(36)22-28(40)32-27-23-34(2,3)18-20-39(27,21-19-38(32,37)8)33(42)43-24-26-12-10-9-11-13-26/h9-13,27,29-31H,14-24H2,1-8H3/t27?,29?,30?,31-,36-,37+,38+,39-/m0/s1. The summed E-state index contributed by atoms with van der Waals surface area (Å²) in [6.07, 6.45) is 9.81. The molecule has 0 saturated heterocycles. The molecule has 4 nitrogen and oxygen atoms in total. The highest BCUT2D eigenvalue weighted by atomic mass is 35.5. The molecule has 0 amide bonds. The molecule has 0 aromatic heterocycles. The van der Waals surface area contributed by atoms with E-state index in [9.17, 15) is 9.59 Å². The number of hydrogen-bond acceptors (Lipinski definition) is 4. The number of esters is 2. The van der Waals surface area contributed by atoms with Gasteiger partial charge in [0.1, 0.15) is 12.7 Å². The first-order valence-electron chi connectivity index (χ1n) is 17.3. The van der Waals surface area contributed by atoms with Crippen LogP contribution in [0.15, 0.2) is 40.9 Å². The van der Waals surface area contributed by atoms with Crippen molar-refractivity contribution in [3.63, 3.8) is 0 Å². The third kappa shape index (κ3) is 4.65. The molecule has 3 unspecified atom stereocenters. The lowest BCUT2D eigenvalue weighted by atomic mass is 9.33. The van der Waals surface area contributed by atoms with Gasteiger partial charge in [0.05, 0.1) is 5.41 Å². The summed E-state index contributed by atoms with van der Waals surface area (Å²) in [4.78, 5) is 26.3. The van der Waals surface area contributed by atoms with Gasteiger partial charge < -0.3 is 9.47 Å². The van der Waals surface area contributed by atoms with E-state index in [0.717, 1.165) is 74.8 Å². The van der Waals surface area contributed by atoms with E-state index in [1.807, 2.05) is 30.3 Å². The summed E-state index contributed by atoms with van der Waals surface area (Å²) in [7, 11) is 0. The topological polar surface area (TPSA) is 52.6 Å². The summed E-state index contributed by atoms with van der Waals surface area (Å²) in [6, 6.07) is 10.1. The highest BCUT2D eigenvalue weighted by molar-refractivity contribution is 6.30. The Hall–Kier alpha value is -1.81. The fourth-order valence-corrected chi connectivity index (χ4v) is 12.4. The van der Waals surface area contributed by atoms with Gasteiger partial charge >= 0.3 is 11.9 Å². The molecule has 6 rings (SSSR count). The zero-order chi connectivity index (χ0) is 31.9. The third-order valence-corrected chi connectivity index (χ3v) is 14.9. The second-order valence-corrected chi connectivity index (χ2v) is 18.0. The van der Waals surface area contributed by atoms with E-state index < -0.39 is 5.41 Å². The van der Waals surface area contributed by atoms with E-state index >= 15 is 0 Å². The number of carbonyl (C=O) groups excluding carboxylic acids is 2. The highest BCUT2D eigenvalue weighted by Gasteiger charge is 2.70. The SMILES string of the molecule is CC(=O)O[C@H]1CC[C@@]2(C)C(CC[C@]3(C)C2CC(Cl)=C2C4CC(C)(C)CC[C@]4(C(=O)OCc4ccccc4)CC[C@]23C)C1(C)C. The van der Waals surface area contributed by atoms with Crippen molar-refractivity contribution in [3.05, 3.63) is 46.5 Å². The van der Waals surface area contributed by atoms with Crippen LogP contribution in [0.4, 0.5) is 0 Å². The number of carbonyl (C=O) groups is 2. The zero-order valence-corrected chi connectivity index (χ0v) is 29.2. The minimum atomic E-state index is -0.506. The fraction of sp³-hybridized carbons (Fsp3) is 0.744. The van der Waals surface area contributed by atoms with Gasteiger partial charge in [-0.3, -0.25) is 9.59 Å². The van der Waals surface area contributed by atoms with Gasteiger partial charge in [-0.1, -0.05) is 90.4 Å². The first kappa shape index (κ1) is 32.1. The molecule has 5 aliphatic carbocycles. The minimum absolute atomic E-state index is 0.0191. The van der Waals surface area contributed by atoms with Crippen LogP contribution in [0.2, 0.25) is 0 Å². The van der Waals surface area contributed by atoms with Gasteiger partial charge in [-0.2, -0.15) is 0 Å². The summed E-state index contributed by atoms with van der Waals surface area (Å²) in [5, 5.41) is 1.03. The molecule has 242 valence electrons. The average molecular weight is 623 g/mol. The van der Waals surface area contributed by atoms with Gasteiger partial charge in [-0.05, 0) is 115 Å². The average Bonchev–Trinajstić information content (AvgIpc) is 2.94. The van der Waals surface area contributed by atoms with Crippen molar-refractivity contribution in [3.8, 4) is 0 Å². The van der Waals surface area contributed by atoms with Crippen molar-refractivity contribution < 1.29 is 19.1 Å². The van der Waals surface area contributed by atoms with E-state index in [1.165, 1.54) is 5.57 Å². The monoisotopic (exact) mass is 622 g/mol. The first-order valence-corrected chi connectivity index (χ1v) is 17.7. The van der Waals surface area contributed by atoms with E-state index in [1.54, 1.807) is 6.92 Å². The Bertz CT molecular complexity index is 1350. The lowest BCUT2D eigenvalue weighted by Crippen LogP contribution is -2.65. The van der Waals surface area contributed by atoms with Crippen LogP contribution in [-0.4, -0.2) is 18.0 Å². The number of fused-ring (bicyclic) bond motifs is 7. The fourth-order valence-electron chi connectivity index (χ4n) is 11.9. The smallest absolute Gasteiger partial charge is 0.313 e. The quantitative estimate of drug-likeness (QED) is 0.314. The zero-order valence-electron chi connectivity index (χ0n) is 28.5. The molecule has 0 heterocycles. The molecule has 4 fully saturated rings. The van der Waals surface area contributed by atoms with Crippen LogP contribution in [0.25, 0.3) is 0 Å². The second-order valence-electron chi connectivity index (χ2n) is 17.5. The Morgan fingerprint density at radius 2 is 1.55 bits per heavy atom. The predicted octanol–water partition coefficient (Wildman–Crippen LogP) is 10.0. The number of benzene rings is 1. The van der Waals surface area contributed by atoms with Gasteiger partial charge in [0.25, 0.3) is 0 Å². The molecule has 5 heteroatoms. The largest absolute Gasteiger partial charge is 0.462 e. The lowest BCUT2D eigenvalue weighted by Gasteiger charge is -2.71. The van der Waals surface area contributed by atoms with Gasteiger partial charge in [0.15, 0.2) is 0 Å². The van der Waals surface area contributed by atoms with Crippen LogP contribution in [0.3, 0.4) is 0 Å². The Balaban J connectivity index is 1.38. The van der Waals surface area contributed by atoms with E-state index in [4.69, 9.17) is 21.1 Å². The number of hydrogen-bond donors (Lipinski definition) is 0. The Kier molecular flexibility index (Phi) is 7.75. The molecule has 1 aromatic carbocycles. The summed E-state index contributed by atoms with van der Waals surface area (Å²) in [5.74, 6) is 0.831. The van der Waals surface area contributed by atoms with Crippen molar-refractivity contribution in [2.24, 2.45) is 50.2 Å². The number of allylic oxidation sites excluding steroid dienone is 2. The molecule has 44 heavy (non-hydrogen) atoms. The lowest BCUT2D eigenvalue weighted by molar-refractivity contribution is -0.214. The summed E-state index contributed by atoms with van der Waals surface area (Å²) in [5.41, 5.74) is 2.10. The highest BCUT2D eigenvalue weighted by Crippen LogP contribution is 2.77. The van der Waals surface area contributed by atoms with Crippen molar-refractivity contribution in [2.45, 2.75) is 132 Å². The molecule has 0 aliphatic heterocycles. The Morgan fingerprint density at radius 3 is 2.23 bits per heavy atom. The van der Waals surface area contributed by atoms with Gasteiger partial charge in [0, 0.05) is 17.4 Å². The summed E-state index contributed by atoms with van der Waals surface area (Å²) < 4.78 is 12.1. The van der Waals surface area contributed by atoms with E-state index in [-0.39, 0.29) is 51.0 Å². The van der Waals surface area contributed by atoms with Crippen LogP contribution < -0.4 is 0 Å². The van der Waals surface area contributed by atoms with E-state index in [2.05, 4.69) is 48.5 Å². The maximum atomic E-state index is 14.3. The number of halogens is 1. The minimum Gasteiger partial charge on any atom is -0.462 e. The van der Waals surface area contributed by atoms with Gasteiger partial charge in [-0.25, -0.2) is 0 Å². The molecule has 5 aliphatic rings. The second kappa shape index (κ2) is 10.6. The first-order chi connectivity index (χ1) is 20.5.